The highest BCUT2D eigenvalue weighted by molar-refractivity contribution is 5.73. The largest absolute Gasteiger partial charge is 0.327 e. The van der Waals surface area contributed by atoms with E-state index in [0.29, 0.717) is 12.0 Å². The Morgan fingerprint density at radius 2 is 1.96 bits per heavy atom. The van der Waals surface area contributed by atoms with Crippen LogP contribution in [0.25, 0.3) is 17.0 Å². The van der Waals surface area contributed by atoms with Crippen LogP contribution in [0.1, 0.15) is 35.3 Å². The molecule has 0 aliphatic heterocycles. The van der Waals surface area contributed by atoms with E-state index in [0.717, 1.165) is 34.8 Å². The van der Waals surface area contributed by atoms with Crippen LogP contribution in [0.15, 0.2) is 55.0 Å². The maximum atomic E-state index is 4.70. The molecule has 0 spiro atoms. The molecule has 1 saturated carbocycles. The zero-order valence-corrected chi connectivity index (χ0v) is 14.3. The summed E-state index contributed by atoms with van der Waals surface area (Å²) in [5, 5.41) is 4.51. The van der Waals surface area contributed by atoms with E-state index in [-0.39, 0.29) is 0 Å². The molecule has 3 aromatic heterocycles. The second kappa shape index (κ2) is 5.28. The fourth-order valence-corrected chi connectivity index (χ4v) is 3.76. The number of hydrogen-bond donors (Lipinski definition) is 0. The molecule has 25 heavy (non-hydrogen) atoms. The monoisotopic (exact) mass is 329 g/mol. The first-order chi connectivity index (χ1) is 12.2. The van der Waals surface area contributed by atoms with Gasteiger partial charge in [0, 0.05) is 35.7 Å². The number of rotatable bonds is 3. The van der Waals surface area contributed by atoms with Crippen LogP contribution in [0.3, 0.4) is 0 Å². The SMILES string of the molecule is Cc1cc(C)n2ncc(-c3nccn3[C@@H]3C[C@H]3c3ccccc3)c2n1. The minimum atomic E-state index is 0.459. The molecule has 5 heteroatoms. The number of hydrogen-bond acceptors (Lipinski definition) is 3. The highest BCUT2D eigenvalue weighted by Crippen LogP contribution is 2.52. The Morgan fingerprint density at radius 1 is 1.12 bits per heavy atom. The molecule has 1 fully saturated rings. The summed E-state index contributed by atoms with van der Waals surface area (Å²) in [6, 6.07) is 13.2. The minimum absolute atomic E-state index is 0.459. The third-order valence-corrected chi connectivity index (χ3v) is 5.03. The number of nitrogens with zero attached hydrogens (tertiary/aromatic N) is 5. The van der Waals surface area contributed by atoms with Gasteiger partial charge in [0.05, 0.1) is 11.8 Å². The Balaban J connectivity index is 1.57. The van der Waals surface area contributed by atoms with E-state index in [1.807, 2.05) is 29.9 Å². The molecule has 0 saturated heterocycles. The van der Waals surface area contributed by atoms with E-state index in [4.69, 9.17) is 4.98 Å². The third kappa shape index (κ3) is 2.27. The highest BCUT2D eigenvalue weighted by atomic mass is 15.3. The van der Waals surface area contributed by atoms with Gasteiger partial charge in [-0.1, -0.05) is 30.3 Å². The molecule has 0 bridgehead atoms. The molecule has 0 radical (unpaired) electrons. The van der Waals surface area contributed by atoms with Crippen molar-refractivity contribution >= 4 is 5.65 Å². The average molecular weight is 329 g/mol. The molecule has 2 atom stereocenters. The summed E-state index contributed by atoms with van der Waals surface area (Å²) >= 11 is 0. The van der Waals surface area contributed by atoms with Crippen LogP contribution in [0, 0.1) is 13.8 Å². The smallest absolute Gasteiger partial charge is 0.166 e. The van der Waals surface area contributed by atoms with Crippen LogP contribution >= 0.6 is 0 Å². The second-order valence-corrected chi connectivity index (χ2v) is 6.81. The lowest BCUT2D eigenvalue weighted by Gasteiger charge is -2.07. The molecule has 5 nitrogen and oxygen atoms in total. The number of imidazole rings is 1. The van der Waals surface area contributed by atoms with Crippen LogP contribution in [0.4, 0.5) is 0 Å². The van der Waals surface area contributed by atoms with Crippen molar-refractivity contribution in [2.24, 2.45) is 0 Å². The molecule has 3 heterocycles. The van der Waals surface area contributed by atoms with Gasteiger partial charge in [0.25, 0.3) is 0 Å². The summed E-state index contributed by atoms with van der Waals surface area (Å²) in [5.74, 6) is 1.52. The van der Waals surface area contributed by atoms with Gasteiger partial charge in [-0.3, -0.25) is 0 Å². The van der Waals surface area contributed by atoms with E-state index >= 15 is 0 Å². The third-order valence-electron chi connectivity index (χ3n) is 5.03. The first-order valence-corrected chi connectivity index (χ1v) is 8.62. The van der Waals surface area contributed by atoms with Crippen LogP contribution in [0.2, 0.25) is 0 Å². The van der Waals surface area contributed by atoms with E-state index in [2.05, 4.69) is 58.1 Å². The summed E-state index contributed by atoms with van der Waals surface area (Å²) in [5.41, 5.74) is 5.35. The lowest BCUT2D eigenvalue weighted by atomic mass is 10.1. The minimum Gasteiger partial charge on any atom is -0.327 e. The molecule has 0 N–H and O–H groups in total. The number of aryl methyl sites for hydroxylation is 2. The van der Waals surface area contributed by atoms with Gasteiger partial charge in [-0.25, -0.2) is 14.5 Å². The average Bonchev–Trinajstić information content (AvgIpc) is 3.06. The van der Waals surface area contributed by atoms with Gasteiger partial charge in [0.15, 0.2) is 5.65 Å². The molecule has 1 aliphatic carbocycles. The molecule has 1 aliphatic rings. The Hall–Kier alpha value is -2.95. The molecule has 4 aromatic rings. The van der Waals surface area contributed by atoms with Crippen molar-refractivity contribution in [1.29, 1.82) is 0 Å². The van der Waals surface area contributed by atoms with Gasteiger partial charge >= 0.3 is 0 Å². The Kier molecular flexibility index (Phi) is 3.04. The van der Waals surface area contributed by atoms with E-state index in [9.17, 15) is 0 Å². The van der Waals surface area contributed by atoms with Gasteiger partial charge in [-0.05, 0) is 31.9 Å². The van der Waals surface area contributed by atoms with Gasteiger partial charge in [-0.2, -0.15) is 5.10 Å². The zero-order chi connectivity index (χ0) is 17.0. The van der Waals surface area contributed by atoms with E-state index in [1.54, 1.807) is 0 Å². The molecule has 5 rings (SSSR count). The standard InChI is InChI=1S/C20H19N5/c1-13-10-14(2)25-20(23-13)17(12-22-25)19-21-8-9-24(19)18-11-16(18)15-6-4-3-5-7-15/h3-10,12,16,18H,11H2,1-2H3/t16-,18+/m0/s1. The lowest BCUT2D eigenvalue weighted by molar-refractivity contribution is 0.725. The molecule has 1 aromatic carbocycles. The predicted octanol–water partition coefficient (Wildman–Crippen LogP) is 3.94. The van der Waals surface area contributed by atoms with E-state index < -0.39 is 0 Å². The van der Waals surface area contributed by atoms with Crippen molar-refractivity contribution in [3.05, 3.63) is 71.9 Å². The summed E-state index contributed by atoms with van der Waals surface area (Å²) in [6.45, 7) is 4.07. The number of aromatic nitrogens is 5. The first-order valence-electron chi connectivity index (χ1n) is 8.62. The first kappa shape index (κ1) is 14.4. The maximum Gasteiger partial charge on any atom is 0.166 e. The van der Waals surface area contributed by atoms with Crippen molar-refractivity contribution in [1.82, 2.24) is 24.1 Å². The van der Waals surface area contributed by atoms with Crippen LogP contribution < -0.4 is 0 Å². The van der Waals surface area contributed by atoms with Crippen molar-refractivity contribution in [3.8, 4) is 11.4 Å². The van der Waals surface area contributed by atoms with E-state index in [1.165, 1.54) is 5.56 Å². The zero-order valence-electron chi connectivity index (χ0n) is 14.3. The fourth-order valence-electron chi connectivity index (χ4n) is 3.76. The fraction of sp³-hybridized carbons (Fsp3) is 0.250. The molecule has 124 valence electrons. The molecular weight excluding hydrogens is 310 g/mol. The van der Waals surface area contributed by atoms with Crippen LogP contribution in [-0.2, 0) is 0 Å². The maximum absolute atomic E-state index is 4.70. The Morgan fingerprint density at radius 3 is 2.80 bits per heavy atom. The second-order valence-electron chi connectivity index (χ2n) is 6.81. The number of fused-ring (bicyclic) bond motifs is 1. The summed E-state index contributed by atoms with van der Waals surface area (Å²) in [7, 11) is 0. The molecule has 0 amide bonds. The predicted molar refractivity (Wildman–Crippen MR) is 96.5 cm³/mol. The summed E-state index contributed by atoms with van der Waals surface area (Å²) in [6.07, 6.45) is 6.99. The Bertz CT molecular complexity index is 1060. The van der Waals surface area contributed by atoms with Crippen molar-refractivity contribution in [2.75, 3.05) is 0 Å². The topological polar surface area (TPSA) is 48.0 Å². The van der Waals surface area contributed by atoms with Gasteiger partial charge < -0.3 is 4.57 Å². The number of benzene rings is 1. The molecule has 0 unspecified atom stereocenters. The normalized spacial score (nSPS) is 19.4. The lowest BCUT2D eigenvalue weighted by Crippen LogP contribution is -2.00. The Labute approximate surface area is 146 Å². The van der Waals surface area contributed by atoms with Gasteiger partial charge in [0.2, 0.25) is 0 Å². The highest BCUT2D eigenvalue weighted by Gasteiger charge is 2.41. The van der Waals surface area contributed by atoms with Crippen molar-refractivity contribution in [3.63, 3.8) is 0 Å². The van der Waals surface area contributed by atoms with Crippen molar-refractivity contribution in [2.45, 2.75) is 32.2 Å². The van der Waals surface area contributed by atoms with Gasteiger partial charge in [0.1, 0.15) is 5.82 Å². The quantitative estimate of drug-likeness (QED) is 0.572. The van der Waals surface area contributed by atoms with Crippen molar-refractivity contribution < 1.29 is 0 Å². The van der Waals surface area contributed by atoms with Crippen LogP contribution in [-0.4, -0.2) is 24.1 Å². The summed E-state index contributed by atoms with van der Waals surface area (Å²) < 4.78 is 4.18. The van der Waals surface area contributed by atoms with Crippen LogP contribution in [0.5, 0.6) is 0 Å². The summed E-state index contributed by atoms with van der Waals surface area (Å²) in [4.78, 5) is 9.32. The molecular formula is C20H19N5. The van der Waals surface area contributed by atoms with Gasteiger partial charge in [-0.15, -0.1) is 0 Å².